The van der Waals surface area contributed by atoms with Crippen LogP contribution in [0.15, 0.2) is 34.1 Å². The third kappa shape index (κ3) is 2.39. The second-order valence-corrected chi connectivity index (χ2v) is 7.98. The number of rotatable bonds is 2. The lowest BCUT2D eigenvalue weighted by Crippen LogP contribution is -2.24. The van der Waals surface area contributed by atoms with Gasteiger partial charge in [-0.2, -0.15) is 16.8 Å². The van der Waals surface area contributed by atoms with Gasteiger partial charge in [0.1, 0.15) is 11.5 Å². The first-order valence-corrected chi connectivity index (χ1v) is 9.50. The van der Waals surface area contributed by atoms with Gasteiger partial charge in [-0.3, -0.25) is 18.7 Å². The van der Waals surface area contributed by atoms with Gasteiger partial charge < -0.3 is 10.2 Å². The fourth-order valence-corrected chi connectivity index (χ4v) is 4.73. The highest BCUT2D eigenvalue weighted by Gasteiger charge is 2.43. The van der Waals surface area contributed by atoms with Gasteiger partial charge in [-0.05, 0) is 0 Å². The average molecular weight is 400 g/mol. The van der Waals surface area contributed by atoms with Gasteiger partial charge in [-0.15, -0.1) is 0 Å². The molecular formula is C14H8O10S2. The molecule has 1 aliphatic carbocycles. The molecule has 26 heavy (non-hydrogen) atoms. The third-order valence-corrected chi connectivity index (χ3v) is 5.70. The molecule has 0 aromatic heterocycles. The zero-order chi connectivity index (χ0) is 19.6. The summed E-state index contributed by atoms with van der Waals surface area (Å²) in [7, 11) is -11.1. The zero-order valence-electron chi connectivity index (χ0n) is 12.4. The number of aromatic hydroxyl groups is 2. The van der Waals surface area contributed by atoms with Crippen molar-refractivity contribution < 1.29 is 45.7 Å². The Morgan fingerprint density at radius 2 is 0.962 bits per heavy atom. The van der Waals surface area contributed by atoms with Crippen molar-refractivity contribution in [2.75, 3.05) is 0 Å². The quantitative estimate of drug-likeness (QED) is 0.346. The van der Waals surface area contributed by atoms with Crippen molar-refractivity contribution in [3.8, 4) is 11.5 Å². The van der Waals surface area contributed by atoms with Crippen LogP contribution in [-0.4, -0.2) is 47.7 Å². The van der Waals surface area contributed by atoms with E-state index in [2.05, 4.69) is 0 Å². The number of phenols is 2. The fraction of sp³-hybridized carbons (Fsp3) is 0. The van der Waals surface area contributed by atoms with Crippen LogP contribution < -0.4 is 0 Å². The molecule has 0 fully saturated rings. The summed E-state index contributed by atoms with van der Waals surface area (Å²) in [6.07, 6.45) is 0. The van der Waals surface area contributed by atoms with E-state index in [9.17, 15) is 45.7 Å². The SMILES string of the molecule is O=C1c2ccccc2C(=O)c2c(O)c(S(=O)(=O)O)c(S(=O)(=O)O)c(O)c21. The van der Waals surface area contributed by atoms with Gasteiger partial charge in [0.05, 0.1) is 11.1 Å². The molecule has 4 N–H and O–H groups in total. The van der Waals surface area contributed by atoms with Crippen molar-refractivity contribution in [1.82, 2.24) is 0 Å². The molecule has 10 nitrogen and oxygen atoms in total. The van der Waals surface area contributed by atoms with Crippen molar-refractivity contribution in [2.45, 2.75) is 9.79 Å². The molecule has 0 saturated heterocycles. The number of phenolic OH excluding ortho intramolecular Hbond substituents is 2. The van der Waals surface area contributed by atoms with Crippen LogP contribution in [0.2, 0.25) is 0 Å². The summed E-state index contributed by atoms with van der Waals surface area (Å²) in [5.74, 6) is -5.34. The maximum atomic E-state index is 12.6. The summed E-state index contributed by atoms with van der Waals surface area (Å²) >= 11 is 0. The lowest BCUT2D eigenvalue weighted by atomic mass is 9.83. The minimum atomic E-state index is -5.53. The molecule has 0 atom stereocenters. The molecule has 2 aromatic rings. The molecule has 0 bridgehead atoms. The number of carbonyl (C=O) groups excluding carboxylic acids is 2. The monoisotopic (exact) mass is 400 g/mol. The van der Waals surface area contributed by atoms with E-state index in [-0.39, 0.29) is 11.1 Å². The zero-order valence-corrected chi connectivity index (χ0v) is 14.0. The summed E-state index contributed by atoms with van der Waals surface area (Å²) < 4.78 is 64.5. The Morgan fingerprint density at radius 3 is 1.23 bits per heavy atom. The molecular weight excluding hydrogens is 392 g/mol. The largest absolute Gasteiger partial charge is 0.506 e. The van der Waals surface area contributed by atoms with Crippen molar-refractivity contribution in [1.29, 1.82) is 0 Å². The number of carbonyl (C=O) groups is 2. The topological polar surface area (TPSA) is 183 Å². The summed E-state index contributed by atoms with van der Waals surface area (Å²) in [5, 5.41) is 20.3. The third-order valence-electron chi connectivity index (χ3n) is 3.75. The molecule has 0 saturated carbocycles. The van der Waals surface area contributed by atoms with Crippen LogP contribution >= 0.6 is 0 Å². The maximum absolute atomic E-state index is 12.6. The molecule has 136 valence electrons. The summed E-state index contributed by atoms with van der Waals surface area (Å²) in [4.78, 5) is 21.5. The van der Waals surface area contributed by atoms with Crippen LogP contribution in [0, 0.1) is 0 Å². The molecule has 0 spiro atoms. The number of hydrogen-bond donors (Lipinski definition) is 4. The van der Waals surface area contributed by atoms with Crippen LogP contribution in [0.5, 0.6) is 11.5 Å². The van der Waals surface area contributed by atoms with Crippen LogP contribution in [-0.2, 0) is 20.2 Å². The number of ketones is 2. The molecule has 0 heterocycles. The molecule has 3 rings (SSSR count). The summed E-state index contributed by atoms with van der Waals surface area (Å²) in [6, 6.07) is 5.14. The first-order chi connectivity index (χ1) is 11.9. The molecule has 1 aliphatic rings. The van der Waals surface area contributed by atoms with Gasteiger partial charge in [0, 0.05) is 11.1 Å². The van der Waals surface area contributed by atoms with E-state index in [4.69, 9.17) is 0 Å². The minimum Gasteiger partial charge on any atom is -0.506 e. The van der Waals surface area contributed by atoms with Gasteiger partial charge in [0.25, 0.3) is 20.2 Å². The minimum absolute atomic E-state index is 0.236. The lowest BCUT2D eigenvalue weighted by Gasteiger charge is -2.22. The lowest BCUT2D eigenvalue weighted by molar-refractivity contribution is 0.0972. The second-order valence-electron chi connectivity index (χ2n) is 5.26. The predicted molar refractivity (Wildman–Crippen MR) is 82.7 cm³/mol. The molecule has 0 radical (unpaired) electrons. The van der Waals surface area contributed by atoms with Crippen molar-refractivity contribution >= 4 is 31.8 Å². The maximum Gasteiger partial charge on any atom is 0.299 e. The number of benzene rings is 2. The predicted octanol–water partition coefficient (Wildman–Crippen LogP) is 0.367. The second kappa shape index (κ2) is 5.35. The van der Waals surface area contributed by atoms with Crippen molar-refractivity contribution in [2.24, 2.45) is 0 Å². The fourth-order valence-electron chi connectivity index (χ4n) is 2.75. The highest BCUT2D eigenvalue weighted by Crippen LogP contribution is 2.46. The highest BCUT2D eigenvalue weighted by atomic mass is 32.2. The molecule has 0 aliphatic heterocycles. The van der Waals surface area contributed by atoms with E-state index in [1.165, 1.54) is 24.3 Å². The Kier molecular flexibility index (Phi) is 3.70. The first-order valence-electron chi connectivity index (χ1n) is 6.62. The first kappa shape index (κ1) is 18.0. The van der Waals surface area contributed by atoms with Crippen LogP contribution in [0.4, 0.5) is 0 Å². The number of fused-ring (bicyclic) bond motifs is 2. The van der Waals surface area contributed by atoms with Crippen molar-refractivity contribution in [3.05, 3.63) is 46.5 Å². The molecule has 0 unspecified atom stereocenters. The van der Waals surface area contributed by atoms with E-state index < -0.39 is 64.2 Å². The van der Waals surface area contributed by atoms with E-state index in [1.807, 2.05) is 0 Å². The average Bonchev–Trinajstić information content (AvgIpc) is 2.51. The van der Waals surface area contributed by atoms with Gasteiger partial charge in [0.15, 0.2) is 21.4 Å². The van der Waals surface area contributed by atoms with E-state index in [1.54, 1.807) is 0 Å². The Labute approximate surface area is 145 Å². The smallest absolute Gasteiger partial charge is 0.299 e. The normalized spacial score (nSPS) is 14.1. The van der Waals surface area contributed by atoms with Gasteiger partial charge >= 0.3 is 0 Å². The molecule has 0 amide bonds. The van der Waals surface area contributed by atoms with Gasteiger partial charge in [-0.25, -0.2) is 0 Å². The Morgan fingerprint density at radius 1 is 0.654 bits per heavy atom. The van der Waals surface area contributed by atoms with Crippen LogP contribution in [0.1, 0.15) is 31.8 Å². The van der Waals surface area contributed by atoms with E-state index in [0.29, 0.717) is 0 Å². The van der Waals surface area contributed by atoms with Crippen molar-refractivity contribution in [3.63, 3.8) is 0 Å². The van der Waals surface area contributed by atoms with Crippen LogP contribution in [0.3, 0.4) is 0 Å². The highest BCUT2D eigenvalue weighted by molar-refractivity contribution is 7.89. The van der Waals surface area contributed by atoms with E-state index >= 15 is 0 Å². The summed E-state index contributed by atoms with van der Waals surface area (Å²) in [5.41, 5.74) is -2.49. The Bertz CT molecular complexity index is 1130. The summed E-state index contributed by atoms with van der Waals surface area (Å²) in [6.45, 7) is 0. The Hall–Kier alpha value is -2.80. The molecule has 2 aromatic carbocycles. The Balaban J connectivity index is 2.61. The number of hydrogen-bond acceptors (Lipinski definition) is 8. The standard InChI is InChI=1S/C14H8O10S2/c15-9-5-3-1-2-4-6(5)10(16)8-7(9)11(17)13(25(19,20)21)14(12(8)18)26(22,23)24/h1-4,17-18H,(H,19,20,21)(H,22,23,24). The van der Waals surface area contributed by atoms with Gasteiger partial charge in [-0.1, -0.05) is 24.3 Å². The van der Waals surface area contributed by atoms with E-state index in [0.717, 1.165) is 0 Å². The molecule has 12 heteroatoms. The van der Waals surface area contributed by atoms with Gasteiger partial charge in [0.2, 0.25) is 0 Å². The van der Waals surface area contributed by atoms with Crippen LogP contribution in [0.25, 0.3) is 0 Å².